The molecule has 1 amide bonds. The van der Waals surface area contributed by atoms with Gasteiger partial charge in [0.25, 0.3) is 5.91 Å². The largest absolute Gasteiger partial charge is 0.476 e. The maximum atomic E-state index is 13.1. The van der Waals surface area contributed by atoms with E-state index < -0.39 is 5.97 Å². The van der Waals surface area contributed by atoms with E-state index in [9.17, 15) is 9.59 Å². The fraction of sp³-hybridized carbons (Fsp3) is 0.400. The molecule has 28 heavy (non-hydrogen) atoms. The number of fused-ring (bicyclic) bond motifs is 1. The summed E-state index contributed by atoms with van der Waals surface area (Å²) in [5, 5.41) is 17.6. The zero-order valence-electron chi connectivity index (χ0n) is 16.0. The van der Waals surface area contributed by atoms with Crippen LogP contribution in [0.15, 0.2) is 24.4 Å². The van der Waals surface area contributed by atoms with Gasteiger partial charge >= 0.3 is 5.97 Å². The minimum atomic E-state index is -1.09. The van der Waals surface area contributed by atoms with Gasteiger partial charge < -0.3 is 15.0 Å². The van der Waals surface area contributed by atoms with Crippen LogP contribution >= 0.6 is 0 Å². The number of benzene rings is 1. The standard InChI is InChI=1S/C20H23N5O3/c1-12-5-6-16-15(8-12)13(2)18(21-16)19(26)24-7-3-4-14(9-24)10-25-11-17(20(27)28)22-23-25/h5-6,8,11,14,21H,3-4,7,9-10H2,1-2H3,(H,27,28). The number of carbonyl (C=O) groups is 2. The second-order valence-corrected chi connectivity index (χ2v) is 7.56. The van der Waals surface area contributed by atoms with Crippen molar-refractivity contribution in [2.45, 2.75) is 33.2 Å². The number of carboxylic acid groups (broad SMARTS) is 1. The first-order valence-corrected chi connectivity index (χ1v) is 9.44. The van der Waals surface area contributed by atoms with E-state index in [2.05, 4.69) is 21.4 Å². The summed E-state index contributed by atoms with van der Waals surface area (Å²) in [6.07, 6.45) is 3.32. The maximum Gasteiger partial charge on any atom is 0.358 e. The fourth-order valence-corrected chi connectivity index (χ4v) is 3.96. The number of nitrogens with zero attached hydrogens (tertiary/aromatic N) is 4. The van der Waals surface area contributed by atoms with E-state index in [1.807, 2.05) is 30.9 Å². The molecule has 8 heteroatoms. The van der Waals surface area contributed by atoms with Crippen molar-refractivity contribution in [3.63, 3.8) is 0 Å². The predicted octanol–water partition coefficient (Wildman–Crippen LogP) is 2.63. The molecular weight excluding hydrogens is 358 g/mol. The molecule has 1 atom stereocenters. The number of carboxylic acids is 1. The quantitative estimate of drug-likeness (QED) is 0.723. The number of aromatic carboxylic acids is 1. The van der Waals surface area contributed by atoms with Gasteiger partial charge in [-0.15, -0.1) is 5.10 Å². The lowest BCUT2D eigenvalue weighted by molar-refractivity contribution is 0.0652. The van der Waals surface area contributed by atoms with E-state index in [1.54, 1.807) is 4.68 Å². The van der Waals surface area contributed by atoms with Crippen molar-refractivity contribution >= 4 is 22.8 Å². The second kappa shape index (κ2) is 7.10. The molecule has 3 heterocycles. The lowest BCUT2D eigenvalue weighted by atomic mass is 9.97. The van der Waals surface area contributed by atoms with Crippen LogP contribution in [0.5, 0.6) is 0 Å². The van der Waals surface area contributed by atoms with Crippen molar-refractivity contribution in [3.05, 3.63) is 46.9 Å². The molecule has 1 unspecified atom stereocenters. The number of aromatic nitrogens is 4. The van der Waals surface area contributed by atoms with Crippen LogP contribution < -0.4 is 0 Å². The Kier molecular flexibility index (Phi) is 4.62. The van der Waals surface area contributed by atoms with Crippen molar-refractivity contribution < 1.29 is 14.7 Å². The van der Waals surface area contributed by atoms with E-state index in [0.717, 1.165) is 35.9 Å². The maximum absolute atomic E-state index is 13.1. The third-order valence-corrected chi connectivity index (χ3v) is 5.44. The van der Waals surface area contributed by atoms with Gasteiger partial charge in [-0.3, -0.25) is 9.48 Å². The summed E-state index contributed by atoms with van der Waals surface area (Å²) in [4.78, 5) is 29.3. The minimum absolute atomic E-state index is 0.0147. The highest BCUT2D eigenvalue weighted by Crippen LogP contribution is 2.26. The van der Waals surface area contributed by atoms with Crippen molar-refractivity contribution in [2.75, 3.05) is 13.1 Å². The van der Waals surface area contributed by atoms with Gasteiger partial charge in [0.05, 0.1) is 6.20 Å². The van der Waals surface area contributed by atoms with Gasteiger partial charge in [0.15, 0.2) is 5.69 Å². The molecular formula is C20H23N5O3. The molecule has 3 aromatic rings. The summed E-state index contributed by atoms with van der Waals surface area (Å²) < 4.78 is 1.55. The first-order chi connectivity index (χ1) is 13.4. The van der Waals surface area contributed by atoms with Crippen molar-refractivity contribution in [3.8, 4) is 0 Å². The number of amides is 1. The summed E-state index contributed by atoms with van der Waals surface area (Å²) in [5.41, 5.74) is 3.71. The number of nitrogens with one attached hydrogen (secondary N) is 1. The third-order valence-electron chi connectivity index (χ3n) is 5.44. The molecule has 0 bridgehead atoms. The monoisotopic (exact) mass is 381 g/mol. The molecule has 8 nitrogen and oxygen atoms in total. The molecule has 1 aliphatic heterocycles. The number of aromatic amines is 1. The Morgan fingerprint density at radius 2 is 2.14 bits per heavy atom. The van der Waals surface area contributed by atoms with Crippen molar-refractivity contribution in [1.82, 2.24) is 24.9 Å². The normalized spacial score (nSPS) is 17.2. The zero-order valence-corrected chi connectivity index (χ0v) is 16.0. The topological polar surface area (TPSA) is 104 Å². The van der Waals surface area contributed by atoms with Crippen LogP contribution in [-0.2, 0) is 6.54 Å². The second-order valence-electron chi connectivity index (χ2n) is 7.56. The molecule has 0 saturated carbocycles. The van der Waals surface area contributed by atoms with Crippen LogP contribution in [0.2, 0.25) is 0 Å². The number of carbonyl (C=O) groups excluding carboxylic acids is 1. The number of piperidine rings is 1. The Hall–Kier alpha value is -3.16. The lowest BCUT2D eigenvalue weighted by Crippen LogP contribution is -2.41. The number of likely N-dealkylation sites (tertiary alicyclic amines) is 1. The van der Waals surface area contributed by atoms with Gasteiger partial charge in [-0.25, -0.2) is 4.79 Å². The molecule has 2 N–H and O–H groups in total. The number of hydrogen-bond donors (Lipinski definition) is 2. The lowest BCUT2D eigenvalue weighted by Gasteiger charge is -2.32. The van der Waals surface area contributed by atoms with E-state index in [4.69, 9.17) is 5.11 Å². The molecule has 4 rings (SSSR count). The molecule has 1 fully saturated rings. The number of hydrogen-bond acceptors (Lipinski definition) is 4. The molecule has 1 aliphatic rings. The first kappa shape index (κ1) is 18.2. The summed E-state index contributed by atoms with van der Waals surface area (Å²) in [6.45, 7) is 5.92. The molecule has 1 aromatic carbocycles. The SMILES string of the molecule is Cc1ccc2[nH]c(C(=O)N3CCCC(Cn4cc(C(=O)O)nn4)C3)c(C)c2c1. The van der Waals surface area contributed by atoms with Crippen LogP contribution in [0.4, 0.5) is 0 Å². The zero-order chi connectivity index (χ0) is 19.8. The van der Waals surface area contributed by atoms with Crippen LogP contribution in [0.3, 0.4) is 0 Å². The smallest absolute Gasteiger partial charge is 0.358 e. The van der Waals surface area contributed by atoms with Crippen molar-refractivity contribution in [2.24, 2.45) is 5.92 Å². The average Bonchev–Trinajstić information content (AvgIpc) is 3.27. The summed E-state index contributed by atoms with van der Waals surface area (Å²) in [5.74, 6) is -0.856. The van der Waals surface area contributed by atoms with Gasteiger partial charge in [-0.1, -0.05) is 16.8 Å². The molecule has 0 radical (unpaired) electrons. The average molecular weight is 381 g/mol. The molecule has 0 spiro atoms. The van der Waals surface area contributed by atoms with Gasteiger partial charge in [-0.2, -0.15) is 0 Å². The van der Waals surface area contributed by atoms with Gasteiger partial charge in [-0.05, 0) is 50.3 Å². The first-order valence-electron chi connectivity index (χ1n) is 9.44. The van der Waals surface area contributed by atoms with Gasteiger partial charge in [0.1, 0.15) is 5.69 Å². The Morgan fingerprint density at radius 3 is 2.89 bits per heavy atom. The molecule has 0 aliphatic carbocycles. The van der Waals surface area contributed by atoms with E-state index in [0.29, 0.717) is 18.8 Å². The van der Waals surface area contributed by atoms with Crippen LogP contribution in [0.25, 0.3) is 10.9 Å². The number of H-pyrrole nitrogens is 1. The highest BCUT2D eigenvalue weighted by molar-refractivity contribution is 6.01. The molecule has 1 saturated heterocycles. The highest BCUT2D eigenvalue weighted by atomic mass is 16.4. The van der Waals surface area contributed by atoms with Crippen LogP contribution in [0, 0.1) is 19.8 Å². The van der Waals surface area contributed by atoms with E-state index >= 15 is 0 Å². The fourth-order valence-electron chi connectivity index (χ4n) is 3.96. The Labute approximate surface area is 162 Å². The number of rotatable bonds is 4. The van der Waals surface area contributed by atoms with Crippen molar-refractivity contribution in [1.29, 1.82) is 0 Å². The minimum Gasteiger partial charge on any atom is -0.476 e. The number of aryl methyl sites for hydroxylation is 2. The summed E-state index contributed by atoms with van der Waals surface area (Å²) in [6, 6.07) is 6.15. The third kappa shape index (κ3) is 3.37. The predicted molar refractivity (Wildman–Crippen MR) is 103 cm³/mol. The Balaban J connectivity index is 1.50. The van der Waals surface area contributed by atoms with Gasteiger partial charge in [0.2, 0.25) is 0 Å². The summed E-state index contributed by atoms with van der Waals surface area (Å²) in [7, 11) is 0. The van der Waals surface area contributed by atoms with Crippen LogP contribution in [-0.4, -0.2) is 55.0 Å². The van der Waals surface area contributed by atoms with Crippen LogP contribution in [0.1, 0.15) is 44.9 Å². The van der Waals surface area contributed by atoms with E-state index in [1.165, 1.54) is 11.8 Å². The van der Waals surface area contributed by atoms with E-state index in [-0.39, 0.29) is 17.5 Å². The molecule has 2 aromatic heterocycles. The Morgan fingerprint density at radius 1 is 1.32 bits per heavy atom. The highest BCUT2D eigenvalue weighted by Gasteiger charge is 2.27. The molecule has 146 valence electrons. The van der Waals surface area contributed by atoms with Gasteiger partial charge in [0, 0.05) is 30.5 Å². The Bertz CT molecular complexity index is 1050. The summed E-state index contributed by atoms with van der Waals surface area (Å²) >= 11 is 0.